The fourth-order valence-corrected chi connectivity index (χ4v) is 3.24. The van der Waals surface area contributed by atoms with Gasteiger partial charge in [-0.2, -0.15) is 0 Å². The smallest absolute Gasteiger partial charge is 0.233 e. The van der Waals surface area contributed by atoms with E-state index in [9.17, 15) is 4.79 Å². The summed E-state index contributed by atoms with van der Waals surface area (Å²) in [5.41, 5.74) is 0. The van der Waals surface area contributed by atoms with Gasteiger partial charge < -0.3 is 10.6 Å². The van der Waals surface area contributed by atoms with Gasteiger partial charge in [0.1, 0.15) is 0 Å². The first-order valence-electron chi connectivity index (χ1n) is 5.73. The maximum absolute atomic E-state index is 11.6. The number of nitrogens with zero attached hydrogens (tertiary/aromatic N) is 2. The van der Waals surface area contributed by atoms with Gasteiger partial charge in [0.2, 0.25) is 11.0 Å². The van der Waals surface area contributed by atoms with Gasteiger partial charge in [-0.1, -0.05) is 23.1 Å². The van der Waals surface area contributed by atoms with Gasteiger partial charge in [0.25, 0.3) is 0 Å². The molecule has 1 aromatic rings. The van der Waals surface area contributed by atoms with Crippen molar-refractivity contribution in [1.82, 2.24) is 15.5 Å². The lowest BCUT2D eigenvalue weighted by Crippen LogP contribution is -2.30. The minimum Gasteiger partial charge on any atom is -0.357 e. The first kappa shape index (κ1) is 12.6. The maximum Gasteiger partial charge on any atom is 0.233 e. The van der Waals surface area contributed by atoms with Gasteiger partial charge in [0.15, 0.2) is 4.34 Å². The van der Waals surface area contributed by atoms with Gasteiger partial charge in [-0.05, 0) is 26.7 Å². The molecule has 1 saturated carbocycles. The molecule has 0 aliphatic heterocycles. The molecule has 2 rings (SSSR count). The van der Waals surface area contributed by atoms with Crippen LogP contribution in [0.3, 0.4) is 0 Å². The van der Waals surface area contributed by atoms with Crippen LogP contribution in [0.15, 0.2) is 4.34 Å². The largest absolute Gasteiger partial charge is 0.357 e. The predicted molar refractivity (Wildman–Crippen MR) is 70.6 cm³/mol. The SMILES string of the molecule is CCNC(=O)C(C)Sc1nnc(NC2CC2)s1. The van der Waals surface area contributed by atoms with E-state index in [0.717, 1.165) is 9.47 Å². The van der Waals surface area contributed by atoms with Crippen LogP contribution in [0.5, 0.6) is 0 Å². The van der Waals surface area contributed by atoms with E-state index in [1.54, 1.807) is 0 Å². The number of amides is 1. The highest BCUT2D eigenvalue weighted by atomic mass is 32.2. The second-order valence-electron chi connectivity index (χ2n) is 3.95. The van der Waals surface area contributed by atoms with E-state index in [1.807, 2.05) is 13.8 Å². The van der Waals surface area contributed by atoms with Crippen molar-refractivity contribution in [2.24, 2.45) is 0 Å². The monoisotopic (exact) mass is 272 g/mol. The van der Waals surface area contributed by atoms with Crippen molar-refractivity contribution in [3.8, 4) is 0 Å². The molecule has 1 aliphatic carbocycles. The Kier molecular flexibility index (Phi) is 4.22. The number of carbonyl (C=O) groups is 1. The molecule has 1 atom stereocenters. The Morgan fingerprint density at radius 3 is 3.00 bits per heavy atom. The van der Waals surface area contributed by atoms with Crippen molar-refractivity contribution in [2.45, 2.75) is 42.3 Å². The van der Waals surface area contributed by atoms with Crippen molar-refractivity contribution in [1.29, 1.82) is 0 Å². The van der Waals surface area contributed by atoms with Crippen LogP contribution in [0.25, 0.3) is 0 Å². The first-order chi connectivity index (χ1) is 8.19. The molecule has 1 aliphatic rings. The molecule has 2 N–H and O–H groups in total. The number of aromatic nitrogens is 2. The van der Waals surface area contributed by atoms with E-state index < -0.39 is 0 Å². The zero-order chi connectivity index (χ0) is 12.3. The molecule has 1 amide bonds. The van der Waals surface area contributed by atoms with Gasteiger partial charge in [0.05, 0.1) is 5.25 Å². The molecule has 7 heteroatoms. The molecule has 1 aromatic heterocycles. The van der Waals surface area contributed by atoms with Crippen molar-refractivity contribution in [3.05, 3.63) is 0 Å². The Labute approximate surface area is 109 Å². The number of hydrogen-bond donors (Lipinski definition) is 2. The van der Waals surface area contributed by atoms with Crippen molar-refractivity contribution < 1.29 is 4.79 Å². The number of nitrogens with one attached hydrogen (secondary N) is 2. The van der Waals surface area contributed by atoms with Gasteiger partial charge in [-0.15, -0.1) is 10.2 Å². The predicted octanol–water partition coefficient (Wildman–Crippen LogP) is 1.73. The molecular weight excluding hydrogens is 256 g/mol. The minimum absolute atomic E-state index is 0.0457. The molecule has 94 valence electrons. The van der Waals surface area contributed by atoms with E-state index >= 15 is 0 Å². The molecular formula is C10H16N4OS2. The molecule has 1 heterocycles. The Morgan fingerprint density at radius 2 is 2.35 bits per heavy atom. The summed E-state index contributed by atoms with van der Waals surface area (Å²) in [5, 5.41) is 14.9. The molecule has 17 heavy (non-hydrogen) atoms. The summed E-state index contributed by atoms with van der Waals surface area (Å²) < 4.78 is 0.840. The normalized spacial score (nSPS) is 16.6. The summed E-state index contributed by atoms with van der Waals surface area (Å²) in [6.07, 6.45) is 2.44. The molecule has 1 unspecified atom stereocenters. The third-order valence-corrected chi connectivity index (χ3v) is 4.35. The number of rotatable bonds is 6. The van der Waals surface area contributed by atoms with Crippen molar-refractivity contribution in [2.75, 3.05) is 11.9 Å². The van der Waals surface area contributed by atoms with E-state index in [-0.39, 0.29) is 11.2 Å². The summed E-state index contributed by atoms with van der Waals surface area (Å²) in [4.78, 5) is 11.6. The van der Waals surface area contributed by atoms with E-state index in [0.29, 0.717) is 12.6 Å². The van der Waals surface area contributed by atoms with Crippen LogP contribution in [-0.4, -0.2) is 33.9 Å². The van der Waals surface area contributed by atoms with E-state index in [1.165, 1.54) is 35.9 Å². The van der Waals surface area contributed by atoms with Crippen LogP contribution < -0.4 is 10.6 Å². The lowest BCUT2D eigenvalue weighted by molar-refractivity contribution is -0.120. The number of carbonyl (C=O) groups excluding carboxylic acids is 1. The summed E-state index contributed by atoms with van der Waals surface area (Å²) >= 11 is 2.97. The molecule has 0 spiro atoms. The summed E-state index contributed by atoms with van der Waals surface area (Å²) in [7, 11) is 0. The topological polar surface area (TPSA) is 66.9 Å². The van der Waals surface area contributed by atoms with Crippen molar-refractivity contribution >= 4 is 34.1 Å². The molecule has 0 bridgehead atoms. The Bertz CT molecular complexity index is 391. The van der Waals surface area contributed by atoms with Crippen LogP contribution in [0, 0.1) is 0 Å². The molecule has 0 radical (unpaired) electrons. The van der Waals surface area contributed by atoms with E-state index in [2.05, 4.69) is 20.8 Å². The molecule has 1 fully saturated rings. The lowest BCUT2D eigenvalue weighted by Gasteiger charge is -2.07. The summed E-state index contributed by atoms with van der Waals surface area (Å²) in [5.74, 6) is 0.0457. The average Bonchev–Trinajstić information content (AvgIpc) is 2.99. The molecule has 0 saturated heterocycles. The summed E-state index contributed by atoms with van der Waals surface area (Å²) in [6.45, 7) is 4.46. The second-order valence-corrected chi connectivity index (χ2v) is 6.51. The fraction of sp³-hybridized carbons (Fsp3) is 0.700. The highest BCUT2D eigenvalue weighted by molar-refractivity contribution is 8.02. The number of anilines is 1. The number of thioether (sulfide) groups is 1. The standard InChI is InChI=1S/C10H16N4OS2/c1-3-11-8(15)6(2)16-10-14-13-9(17-10)12-7-4-5-7/h6-7H,3-5H2,1-2H3,(H,11,15)(H,12,13). The Balaban J connectivity index is 1.84. The first-order valence-corrected chi connectivity index (χ1v) is 7.43. The van der Waals surface area contributed by atoms with Crippen LogP contribution in [0.4, 0.5) is 5.13 Å². The van der Waals surface area contributed by atoms with Crippen LogP contribution in [0.2, 0.25) is 0 Å². The zero-order valence-electron chi connectivity index (χ0n) is 9.90. The third kappa shape index (κ3) is 3.85. The summed E-state index contributed by atoms with van der Waals surface area (Å²) in [6, 6.07) is 0.585. The van der Waals surface area contributed by atoms with Gasteiger partial charge in [-0.3, -0.25) is 4.79 Å². The van der Waals surface area contributed by atoms with Crippen LogP contribution in [-0.2, 0) is 4.79 Å². The molecule has 5 nitrogen and oxygen atoms in total. The quantitative estimate of drug-likeness (QED) is 0.772. The zero-order valence-corrected chi connectivity index (χ0v) is 11.5. The Hall–Kier alpha value is -0.820. The fourth-order valence-electron chi connectivity index (χ4n) is 1.24. The molecule has 0 aromatic carbocycles. The lowest BCUT2D eigenvalue weighted by atomic mass is 10.4. The maximum atomic E-state index is 11.6. The van der Waals surface area contributed by atoms with Crippen molar-refractivity contribution in [3.63, 3.8) is 0 Å². The Morgan fingerprint density at radius 1 is 1.59 bits per heavy atom. The second kappa shape index (κ2) is 5.68. The van der Waals surface area contributed by atoms with Gasteiger partial charge in [-0.25, -0.2) is 0 Å². The van der Waals surface area contributed by atoms with Gasteiger partial charge in [0, 0.05) is 12.6 Å². The highest BCUT2D eigenvalue weighted by Crippen LogP contribution is 2.31. The minimum atomic E-state index is -0.128. The highest BCUT2D eigenvalue weighted by Gasteiger charge is 2.23. The van der Waals surface area contributed by atoms with E-state index in [4.69, 9.17) is 0 Å². The van der Waals surface area contributed by atoms with Gasteiger partial charge >= 0.3 is 0 Å². The van der Waals surface area contributed by atoms with Crippen LogP contribution >= 0.6 is 23.1 Å². The number of hydrogen-bond acceptors (Lipinski definition) is 6. The third-order valence-electron chi connectivity index (χ3n) is 2.31. The van der Waals surface area contributed by atoms with Crippen LogP contribution in [0.1, 0.15) is 26.7 Å². The average molecular weight is 272 g/mol.